The molecule has 0 bridgehead atoms. The van der Waals surface area contributed by atoms with Crippen molar-refractivity contribution in [2.75, 3.05) is 0 Å². The molecule has 0 aromatic rings. The molecule has 0 aliphatic rings. The topological polar surface area (TPSA) is 0 Å². The van der Waals surface area contributed by atoms with Crippen LogP contribution < -0.4 is 49.6 Å². The van der Waals surface area contributed by atoms with E-state index in [9.17, 15) is 0 Å². The van der Waals surface area contributed by atoms with E-state index in [0.29, 0.717) is 0 Å². The Hall–Kier alpha value is 2.08. The van der Waals surface area contributed by atoms with Gasteiger partial charge < -0.3 is 49.6 Å². The van der Waals surface area contributed by atoms with Gasteiger partial charge in [0.2, 0.25) is 0 Å². The van der Waals surface area contributed by atoms with Crippen LogP contribution in [-0.4, -0.2) is 27.3 Å². The predicted molar refractivity (Wildman–Crippen MR) is 5.75 cm³/mol. The molecule has 0 saturated carbocycles. The van der Waals surface area contributed by atoms with Crippen molar-refractivity contribution in [2.24, 2.45) is 0 Å². The van der Waals surface area contributed by atoms with Crippen molar-refractivity contribution in [3.63, 3.8) is 0 Å². The molecule has 0 heterocycles. The third-order valence-corrected chi connectivity index (χ3v) is 0. The van der Waals surface area contributed by atoms with E-state index < -0.39 is 0 Å². The first-order valence-electron chi connectivity index (χ1n) is 0. The first kappa shape index (κ1) is 60.4. The Labute approximate surface area is 76.3 Å². The maximum Gasteiger partial charge on any atom is 0 e. The van der Waals surface area contributed by atoms with Crippen LogP contribution in [0.15, 0.2) is 0 Å². The molecular formula is Cl4Pb-4. The molecule has 0 aromatic carbocycles. The molecule has 0 aliphatic carbocycles. The average Bonchev–Trinajstić information content (AvgIpc) is 0. The van der Waals surface area contributed by atoms with Gasteiger partial charge in [0.15, 0.2) is 0 Å². The quantitative estimate of drug-likeness (QED) is 0.381. The first-order valence-corrected chi connectivity index (χ1v) is 0. The van der Waals surface area contributed by atoms with Gasteiger partial charge in [0, 0.05) is 27.3 Å². The van der Waals surface area contributed by atoms with Gasteiger partial charge >= 0.3 is 0 Å². The molecule has 4 radical (unpaired) electrons. The smallest absolute Gasteiger partial charge is 0 e. The standard InChI is InChI=1S/4ClH.Pb/h4*1H;/p-4. The molecule has 36 valence electrons. The zero-order chi connectivity index (χ0) is 0. The average molecular weight is 349 g/mol. The van der Waals surface area contributed by atoms with E-state index in [1.54, 1.807) is 0 Å². The van der Waals surface area contributed by atoms with Gasteiger partial charge in [0.25, 0.3) is 0 Å². The Morgan fingerprint density at radius 3 is 0.400 bits per heavy atom. The molecule has 0 spiro atoms. The van der Waals surface area contributed by atoms with Gasteiger partial charge in [-0.1, -0.05) is 0 Å². The summed E-state index contributed by atoms with van der Waals surface area (Å²) in [4.78, 5) is 0. The van der Waals surface area contributed by atoms with E-state index in [4.69, 9.17) is 0 Å². The summed E-state index contributed by atoms with van der Waals surface area (Å²) in [6, 6.07) is 0. The van der Waals surface area contributed by atoms with Gasteiger partial charge in [-0.25, -0.2) is 0 Å². The van der Waals surface area contributed by atoms with Crippen LogP contribution in [0.25, 0.3) is 0 Å². The monoisotopic (exact) mass is 348 g/mol. The van der Waals surface area contributed by atoms with E-state index >= 15 is 0 Å². The van der Waals surface area contributed by atoms with E-state index in [1.807, 2.05) is 0 Å². The van der Waals surface area contributed by atoms with Crippen LogP contribution in [0.2, 0.25) is 0 Å². The van der Waals surface area contributed by atoms with E-state index in [-0.39, 0.29) is 76.9 Å². The molecule has 5 heteroatoms. The molecule has 5 heavy (non-hydrogen) atoms. The van der Waals surface area contributed by atoms with Gasteiger partial charge in [-0.15, -0.1) is 0 Å². The van der Waals surface area contributed by atoms with Gasteiger partial charge in [-0.05, 0) is 0 Å². The summed E-state index contributed by atoms with van der Waals surface area (Å²) < 4.78 is 0. The summed E-state index contributed by atoms with van der Waals surface area (Å²) in [5.74, 6) is 0. The van der Waals surface area contributed by atoms with Crippen molar-refractivity contribution in [1.82, 2.24) is 0 Å². The molecule has 0 atom stereocenters. The molecular weight excluding hydrogens is 349 g/mol. The molecule has 0 rings (SSSR count). The molecule has 0 amide bonds. The second kappa shape index (κ2) is 36.2. The molecule has 0 aromatic heterocycles. The Kier molecular flexibility index (Phi) is 438. The zero-order valence-corrected chi connectivity index (χ0v) is 8.92. The summed E-state index contributed by atoms with van der Waals surface area (Å²) in [6.45, 7) is 0. The van der Waals surface area contributed by atoms with Crippen LogP contribution in [0.3, 0.4) is 0 Å². The molecule has 0 aliphatic heterocycles. The molecule has 0 saturated heterocycles. The fraction of sp³-hybridized carbons (Fsp3) is 0. The Morgan fingerprint density at radius 2 is 0.400 bits per heavy atom. The summed E-state index contributed by atoms with van der Waals surface area (Å²) in [5.41, 5.74) is 0. The third kappa shape index (κ3) is 23.4. The van der Waals surface area contributed by atoms with Crippen molar-refractivity contribution < 1.29 is 49.6 Å². The minimum atomic E-state index is 0. The zero-order valence-electron chi connectivity index (χ0n) is 2.01. The summed E-state index contributed by atoms with van der Waals surface area (Å²) in [5, 5.41) is 0. The van der Waals surface area contributed by atoms with Gasteiger partial charge in [-0.2, -0.15) is 0 Å². The van der Waals surface area contributed by atoms with Crippen molar-refractivity contribution in [1.29, 1.82) is 0 Å². The van der Waals surface area contributed by atoms with Gasteiger partial charge in [0.1, 0.15) is 0 Å². The first-order chi connectivity index (χ1) is 0. The largest absolute Gasteiger partial charge is 1.00 e. The van der Waals surface area contributed by atoms with Gasteiger partial charge in [-0.3, -0.25) is 0 Å². The van der Waals surface area contributed by atoms with E-state index in [1.165, 1.54) is 0 Å². The summed E-state index contributed by atoms with van der Waals surface area (Å²) >= 11 is 0. The van der Waals surface area contributed by atoms with E-state index in [2.05, 4.69) is 0 Å². The van der Waals surface area contributed by atoms with Crippen LogP contribution >= 0.6 is 0 Å². The van der Waals surface area contributed by atoms with Crippen molar-refractivity contribution in [3.8, 4) is 0 Å². The Morgan fingerprint density at radius 1 is 0.400 bits per heavy atom. The van der Waals surface area contributed by atoms with Crippen LogP contribution in [-0.2, 0) is 0 Å². The number of rotatable bonds is 0. The summed E-state index contributed by atoms with van der Waals surface area (Å²) in [7, 11) is 0. The Balaban J connectivity index is 0. The maximum atomic E-state index is 0. The number of halogens is 4. The molecule has 0 fully saturated rings. The minimum Gasteiger partial charge on any atom is -1.00 e. The second-order valence-electron chi connectivity index (χ2n) is 0. The van der Waals surface area contributed by atoms with Crippen LogP contribution in [0.5, 0.6) is 0 Å². The predicted octanol–water partition coefficient (Wildman–Crippen LogP) is -12.4. The van der Waals surface area contributed by atoms with Crippen molar-refractivity contribution in [3.05, 3.63) is 0 Å². The number of hydrogen-bond acceptors (Lipinski definition) is 0. The normalized spacial score (nSPS) is 0. The Bertz CT molecular complexity index is 3.61. The second-order valence-corrected chi connectivity index (χ2v) is 0. The third-order valence-electron chi connectivity index (χ3n) is 0. The summed E-state index contributed by atoms with van der Waals surface area (Å²) in [6.07, 6.45) is 0. The van der Waals surface area contributed by atoms with Gasteiger partial charge in [0.05, 0.1) is 0 Å². The van der Waals surface area contributed by atoms with Crippen LogP contribution in [0, 0.1) is 0 Å². The number of hydrogen-bond donors (Lipinski definition) is 0. The molecule has 0 N–H and O–H groups in total. The van der Waals surface area contributed by atoms with Crippen molar-refractivity contribution >= 4 is 27.3 Å². The fourth-order valence-electron chi connectivity index (χ4n) is 0. The SMILES string of the molecule is [Cl-].[Cl-].[Cl-].[Cl-].[Pb]. The fourth-order valence-corrected chi connectivity index (χ4v) is 0. The molecule has 0 nitrogen and oxygen atoms in total. The van der Waals surface area contributed by atoms with E-state index in [0.717, 1.165) is 0 Å². The van der Waals surface area contributed by atoms with Crippen molar-refractivity contribution in [2.45, 2.75) is 0 Å². The van der Waals surface area contributed by atoms with Crippen LogP contribution in [0.4, 0.5) is 0 Å². The maximum absolute atomic E-state index is 0. The minimum absolute atomic E-state index is 0. The molecule has 0 unspecified atom stereocenters. The van der Waals surface area contributed by atoms with Crippen LogP contribution in [0.1, 0.15) is 0 Å².